The molecule has 1 spiro atoms. The van der Waals surface area contributed by atoms with E-state index in [1.807, 2.05) is 29.2 Å². The highest BCUT2D eigenvalue weighted by Gasteiger charge is 2.54. The quantitative estimate of drug-likeness (QED) is 0.607. The molecule has 3 aliphatic rings. The van der Waals surface area contributed by atoms with E-state index in [1.54, 1.807) is 17.9 Å². The average Bonchev–Trinajstić information content (AvgIpc) is 3.35. The van der Waals surface area contributed by atoms with Crippen LogP contribution in [0.4, 0.5) is 10.6 Å². The molecule has 1 aromatic heterocycles. The van der Waals surface area contributed by atoms with Gasteiger partial charge in [-0.15, -0.1) is 0 Å². The molecule has 0 radical (unpaired) electrons. The van der Waals surface area contributed by atoms with Crippen molar-refractivity contribution in [3.05, 3.63) is 47.2 Å². The molecule has 2 saturated heterocycles. The molecule has 5 rings (SSSR count). The van der Waals surface area contributed by atoms with Crippen LogP contribution in [0.1, 0.15) is 29.7 Å². The third-order valence-corrected chi connectivity index (χ3v) is 6.93. The monoisotopic (exact) mass is 480 g/mol. The molecule has 1 aliphatic carbocycles. The predicted molar refractivity (Wildman–Crippen MR) is 124 cm³/mol. The lowest BCUT2D eigenvalue weighted by molar-refractivity contribution is -0.140. The summed E-state index contributed by atoms with van der Waals surface area (Å²) in [6.45, 7) is 3.46. The van der Waals surface area contributed by atoms with Crippen LogP contribution in [0.5, 0.6) is 0 Å². The topological polar surface area (TPSA) is 128 Å². The Kier molecular flexibility index (Phi) is 6.01. The molecular weight excluding hydrogens is 452 g/mol. The molecule has 3 heterocycles. The molecule has 1 aromatic carbocycles. The minimum atomic E-state index is -1.08. The summed E-state index contributed by atoms with van der Waals surface area (Å²) < 4.78 is 4.94. The van der Waals surface area contributed by atoms with Crippen LogP contribution in [-0.4, -0.2) is 82.9 Å². The number of amides is 5. The normalized spacial score (nSPS) is 22.3. The first-order valence-corrected chi connectivity index (χ1v) is 11.8. The Morgan fingerprint density at radius 2 is 1.91 bits per heavy atom. The third-order valence-electron chi connectivity index (χ3n) is 6.93. The number of urea groups is 1. The smallest absolute Gasteiger partial charge is 0.325 e. The van der Waals surface area contributed by atoms with Crippen molar-refractivity contribution in [3.8, 4) is 0 Å². The first-order chi connectivity index (χ1) is 16.9. The van der Waals surface area contributed by atoms with Crippen LogP contribution in [0.3, 0.4) is 0 Å². The fourth-order valence-electron chi connectivity index (χ4n) is 5.16. The summed E-state index contributed by atoms with van der Waals surface area (Å²) in [6.07, 6.45) is 2.17. The van der Waals surface area contributed by atoms with Crippen molar-refractivity contribution < 1.29 is 23.7 Å². The van der Waals surface area contributed by atoms with Crippen LogP contribution >= 0.6 is 0 Å². The van der Waals surface area contributed by atoms with Crippen LogP contribution in [0.25, 0.3) is 0 Å². The Balaban J connectivity index is 1.16. The Hall–Kier alpha value is -3.73. The highest BCUT2D eigenvalue weighted by atomic mass is 16.5. The van der Waals surface area contributed by atoms with Crippen molar-refractivity contribution in [1.29, 1.82) is 0 Å². The lowest BCUT2D eigenvalue weighted by Crippen LogP contribution is -2.53. The summed E-state index contributed by atoms with van der Waals surface area (Å²) in [7, 11) is 0. The maximum Gasteiger partial charge on any atom is 0.325 e. The van der Waals surface area contributed by atoms with Gasteiger partial charge < -0.3 is 20.1 Å². The van der Waals surface area contributed by atoms with Crippen LogP contribution < -0.4 is 10.6 Å². The van der Waals surface area contributed by atoms with Crippen LogP contribution in [-0.2, 0) is 26.3 Å². The Labute approximate surface area is 202 Å². The molecule has 184 valence electrons. The number of nitrogens with one attached hydrogen (secondary N) is 2. The number of piperazine rings is 1. The predicted octanol–water partition coefficient (Wildman–Crippen LogP) is 0.849. The van der Waals surface area contributed by atoms with Crippen molar-refractivity contribution >= 4 is 29.6 Å². The molecule has 11 nitrogen and oxygen atoms in total. The average molecular weight is 481 g/mol. The highest BCUT2D eigenvalue weighted by molar-refractivity contribution is 6.09. The van der Waals surface area contributed by atoms with Crippen molar-refractivity contribution in [3.63, 3.8) is 0 Å². The number of imide groups is 1. The molecule has 1 unspecified atom stereocenters. The van der Waals surface area contributed by atoms with Gasteiger partial charge in [0.15, 0.2) is 5.82 Å². The zero-order valence-electron chi connectivity index (χ0n) is 19.6. The van der Waals surface area contributed by atoms with E-state index >= 15 is 0 Å². The number of aryl methyl sites for hydroxylation is 2. The van der Waals surface area contributed by atoms with Gasteiger partial charge >= 0.3 is 6.03 Å². The fraction of sp³-hybridized carbons (Fsp3) is 0.458. The van der Waals surface area contributed by atoms with E-state index in [9.17, 15) is 19.2 Å². The number of hydrogen-bond acceptors (Lipinski definition) is 7. The molecule has 1 atom stereocenters. The highest BCUT2D eigenvalue weighted by Crippen LogP contribution is 2.39. The minimum absolute atomic E-state index is 0.170. The summed E-state index contributed by atoms with van der Waals surface area (Å²) >= 11 is 0. The summed E-state index contributed by atoms with van der Waals surface area (Å²) in [4.78, 5) is 56.0. The molecule has 0 bridgehead atoms. The number of anilines is 1. The summed E-state index contributed by atoms with van der Waals surface area (Å²) in [5.41, 5.74) is 0.798. The van der Waals surface area contributed by atoms with Gasteiger partial charge in [-0.2, -0.15) is 0 Å². The summed E-state index contributed by atoms with van der Waals surface area (Å²) in [6, 6.07) is 8.77. The third kappa shape index (κ3) is 4.39. The maximum absolute atomic E-state index is 13.4. The van der Waals surface area contributed by atoms with Gasteiger partial charge in [0.05, 0.1) is 6.54 Å². The standard InChI is InChI=1S/C24H28N6O5/c1-16-13-19(27-35-16)25-20(31)14-28-9-11-29(12-10-28)21(32)15-30-22(33)24(26-23(30)34)8-4-6-17-5-2-3-7-18(17)24/h2-3,5,7,13H,4,6,8-12,14-15H2,1H3,(H,26,34)(H,25,27,31). The zero-order valence-corrected chi connectivity index (χ0v) is 19.6. The van der Waals surface area contributed by atoms with Gasteiger partial charge in [-0.05, 0) is 37.3 Å². The number of carbonyl (C=O) groups excluding carboxylic acids is 4. The van der Waals surface area contributed by atoms with Crippen molar-refractivity contribution in [2.75, 3.05) is 44.6 Å². The lowest BCUT2D eigenvalue weighted by Gasteiger charge is -2.35. The van der Waals surface area contributed by atoms with Gasteiger partial charge in [-0.25, -0.2) is 4.79 Å². The van der Waals surface area contributed by atoms with Gasteiger partial charge in [0, 0.05) is 32.2 Å². The molecule has 0 saturated carbocycles. The SMILES string of the molecule is Cc1cc(NC(=O)CN2CCN(C(=O)CN3C(=O)NC4(CCCc5ccccc54)C3=O)CC2)no1. The summed E-state index contributed by atoms with van der Waals surface area (Å²) in [5, 5.41) is 9.31. The molecule has 2 aromatic rings. The van der Waals surface area contributed by atoms with Gasteiger partial charge in [0.25, 0.3) is 5.91 Å². The van der Waals surface area contributed by atoms with E-state index in [0.717, 1.165) is 28.9 Å². The number of hydrogen-bond donors (Lipinski definition) is 2. The lowest BCUT2D eigenvalue weighted by atomic mass is 9.76. The number of fused-ring (bicyclic) bond motifs is 2. The zero-order chi connectivity index (χ0) is 24.6. The summed E-state index contributed by atoms with van der Waals surface area (Å²) in [5.74, 6) is 0.123. The second-order valence-corrected chi connectivity index (χ2v) is 9.27. The number of rotatable bonds is 5. The molecule has 35 heavy (non-hydrogen) atoms. The van der Waals surface area contributed by atoms with Gasteiger partial charge in [-0.3, -0.25) is 24.2 Å². The molecule has 2 fully saturated rings. The Bertz CT molecular complexity index is 1170. The molecular formula is C24H28N6O5. The van der Waals surface area contributed by atoms with Crippen LogP contribution in [0.2, 0.25) is 0 Å². The van der Waals surface area contributed by atoms with Gasteiger partial charge in [-0.1, -0.05) is 29.4 Å². The first-order valence-electron chi connectivity index (χ1n) is 11.8. The number of carbonyl (C=O) groups is 4. The fourth-order valence-corrected chi connectivity index (χ4v) is 5.16. The maximum atomic E-state index is 13.4. The minimum Gasteiger partial charge on any atom is -0.360 e. The van der Waals surface area contributed by atoms with E-state index in [4.69, 9.17) is 4.52 Å². The van der Waals surface area contributed by atoms with E-state index in [1.165, 1.54) is 0 Å². The van der Waals surface area contributed by atoms with Crippen LogP contribution in [0.15, 0.2) is 34.9 Å². The number of benzene rings is 1. The van der Waals surface area contributed by atoms with E-state index < -0.39 is 11.6 Å². The largest absolute Gasteiger partial charge is 0.360 e. The first kappa shape index (κ1) is 23.0. The molecule has 11 heteroatoms. The molecule has 2 N–H and O–H groups in total. The van der Waals surface area contributed by atoms with Gasteiger partial charge in [0.1, 0.15) is 17.8 Å². The number of nitrogens with zero attached hydrogens (tertiary/aromatic N) is 4. The second-order valence-electron chi connectivity index (χ2n) is 9.27. The van der Waals surface area contributed by atoms with E-state index in [2.05, 4.69) is 15.8 Å². The van der Waals surface area contributed by atoms with E-state index in [-0.39, 0.29) is 30.8 Å². The van der Waals surface area contributed by atoms with Gasteiger partial charge in [0.2, 0.25) is 11.8 Å². The number of aromatic nitrogens is 1. The second kappa shape index (κ2) is 9.14. The van der Waals surface area contributed by atoms with Crippen LogP contribution in [0, 0.1) is 6.92 Å². The van der Waals surface area contributed by atoms with Crippen molar-refractivity contribution in [2.24, 2.45) is 0 Å². The Morgan fingerprint density at radius 1 is 1.14 bits per heavy atom. The molecule has 5 amide bonds. The Morgan fingerprint density at radius 3 is 2.66 bits per heavy atom. The van der Waals surface area contributed by atoms with E-state index in [0.29, 0.717) is 44.2 Å². The van der Waals surface area contributed by atoms with Crippen molar-refractivity contribution in [2.45, 2.75) is 31.7 Å². The molecule has 2 aliphatic heterocycles. The van der Waals surface area contributed by atoms with Crippen molar-refractivity contribution in [1.82, 2.24) is 25.2 Å².